The van der Waals surface area contributed by atoms with E-state index in [2.05, 4.69) is 109 Å². The van der Waals surface area contributed by atoms with Crippen LogP contribution in [-0.2, 0) is 33.2 Å². The summed E-state index contributed by atoms with van der Waals surface area (Å²) in [7, 11) is 0. The van der Waals surface area contributed by atoms with E-state index in [9.17, 15) is 61.0 Å². The minimum absolute atomic E-state index is 0.236. The first-order valence-corrected chi connectivity index (χ1v) is 33.6. The molecule has 89 heavy (non-hydrogen) atoms. The summed E-state index contributed by atoms with van der Waals surface area (Å²) in [6, 6.07) is -0.973. The van der Waals surface area contributed by atoms with E-state index in [0.717, 1.165) is 77.0 Å². The highest BCUT2D eigenvalue weighted by Gasteiger charge is 2.53. The summed E-state index contributed by atoms with van der Waals surface area (Å²) in [5.41, 5.74) is 0. The van der Waals surface area contributed by atoms with Crippen LogP contribution in [0, 0.1) is 0 Å². The molecule has 3 rings (SSSR count). The summed E-state index contributed by atoms with van der Waals surface area (Å²) in [6.07, 6.45) is 42.4. The lowest BCUT2D eigenvalue weighted by atomic mass is 9.96. The van der Waals surface area contributed by atoms with Crippen LogP contribution in [0.3, 0.4) is 0 Å². The molecule has 0 bridgehead atoms. The van der Waals surface area contributed by atoms with Crippen LogP contribution in [0.4, 0.5) is 0 Å². The second kappa shape index (κ2) is 50.9. The normalized spacial score (nSPS) is 28.9. The van der Waals surface area contributed by atoms with Crippen molar-refractivity contribution in [1.82, 2.24) is 5.32 Å². The summed E-state index contributed by atoms with van der Waals surface area (Å²) in [5.74, 6) is -0.292. The number of aliphatic hydroxyl groups excluding tert-OH is 11. The molecule has 1 amide bonds. The number of amides is 1. The number of hydrogen-bond acceptors (Lipinski definition) is 18. The number of carbonyl (C=O) groups excluding carboxylic acids is 1. The number of unbranched alkanes of at least 4 members (excludes halogenated alkanes) is 17. The molecule has 0 radical (unpaired) electrons. The molecular weight excluding hydrogens is 1140 g/mol. The quantitative estimate of drug-likeness (QED) is 0.0201. The molecule has 3 aliphatic rings. The fourth-order valence-corrected chi connectivity index (χ4v) is 10.6. The van der Waals surface area contributed by atoms with Crippen molar-refractivity contribution >= 4 is 5.91 Å². The minimum Gasteiger partial charge on any atom is -0.394 e. The molecule has 510 valence electrons. The maximum absolute atomic E-state index is 13.2. The zero-order valence-electron chi connectivity index (χ0n) is 53.6. The third-order valence-electron chi connectivity index (χ3n) is 16.1. The van der Waals surface area contributed by atoms with Crippen LogP contribution in [-0.4, -0.2) is 193 Å². The van der Waals surface area contributed by atoms with Gasteiger partial charge in [0.25, 0.3) is 0 Å². The number of allylic oxidation sites excluding steroid dienone is 17. The van der Waals surface area contributed by atoms with E-state index < -0.39 is 124 Å². The van der Waals surface area contributed by atoms with Crippen LogP contribution in [0.2, 0.25) is 0 Å². The molecule has 3 saturated heterocycles. The first-order valence-electron chi connectivity index (χ1n) is 33.6. The number of rotatable bonds is 49. The lowest BCUT2D eigenvalue weighted by molar-refractivity contribution is -0.379. The topological polar surface area (TPSA) is 307 Å². The molecule has 0 aliphatic carbocycles. The minimum atomic E-state index is -1.98. The van der Waals surface area contributed by atoms with Gasteiger partial charge >= 0.3 is 0 Å². The Kier molecular flexibility index (Phi) is 45.6. The fourth-order valence-electron chi connectivity index (χ4n) is 10.6. The molecule has 0 spiro atoms. The zero-order chi connectivity index (χ0) is 64.7. The highest BCUT2D eigenvalue weighted by atomic mass is 16.8. The lowest BCUT2D eigenvalue weighted by Gasteiger charge is -2.48. The summed E-state index contributed by atoms with van der Waals surface area (Å²) in [4.78, 5) is 13.2. The molecule has 3 heterocycles. The van der Waals surface area contributed by atoms with Gasteiger partial charge in [-0.1, -0.05) is 220 Å². The molecule has 12 N–H and O–H groups in total. The van der Waals surface area contributed by atoms with Gasteiger partial charge in [-0.15, -0.1) is 0 Å². The summed E-state index contributed by atoms with van der Waals surface area (Å²) < 4.78 is 34.0. The van der Waals surface area contributed by atoms with Gasteiger partial charge in [0.05, 0.1) is 38.6 Å². The molecular formula is C70H117NO18. The van der Waals surface area contributed by atoms with E-state index in [1.807, 2.05) is 6.92 Å². The highest BCUT2D eigenvalue weighted by Crippen LogP contribution is 2.33. The van der Waals surface area contributed by atoms with Gasteiger partial charge in [0.15, 0.2) is 18.9 Å². The lowest BCUT2D eigenvalue weighted by Crippen LogP contribution is -2.66. The third kappa shape index (κ3) is 33.2. The van der Waals surface area contributed by atoms with Crippen molar-refractivity contribution in [3.63, 3.8) is 0 Å². The van der Waals surface area contributed by atoms with E-state index in [0.29, 0.717) is 12.8 Å². The van der Waals surface area contributed by atoms with Gasteiger partial charge < -0.3 is 89.9 Å². The largest absolute Gasteiger partial charge is 0.394 e. The average molecular weight is 1260 g/mol. The van der Waals surface area contributed by atoms with Crippen LogP contribution in [0.1, 0.15) is 194 Å². The predicted octanol–water partition coefficient (Wildman–Crippen LogP) is 8.27. The van der Waals surface area contributed by atoms with Crippen LogP contribution in [0.25, 0.3) is 0 Å². The molecule has 19 nitrogen and oxygen atoms in total. The van der Waals surface area contributed by atoms with E-state index in [-0.39, 0.29) is 18.9 Å². The maximum atomic E-state index is 13.2. The van der Waals surface area contributed by atoms with E-state index in [1.165, 1.54) is 83.5 Å². The van der Waals surface area contributed by atoms with Crippen molar-refractivity contribution in [3.8, 4) is 0 Å². The monoisotopic (exact) mass is 1260 g/mol. The summed E-state index contributed by atoms with van der Waals surface area (Å²) in [5, 5.41) is 119. The molecule has 19 heteroatoms. The Morgan fingerprint density at radius 1 is 0.416 bits per heavy atom. The van der Waals surface area contributed by atoms with E-state index in [4.69, 9.17) is 28.4 Å². The Labute approximate surface area is 532 Å². The van der Waals surface area contributed by atoms with Gasteiger partial charge in [-0.05, 0) is 77.0 Å². The number of carbonyl (C=O) groups is 1. The van der Waals surface area contributed by atoms with Gasteiger partial charge in [0, 0.05) is 6.42 Å². The predicted molar refractivity (Wildman–Crippen MR) is 346 cm³/mol. The van der Waals surface area contributed by atoms with Crippen molar-refractivity contribution in [3.05, 3.63) is 109 Å². The Hall–Kier alpha value is -3.55. The van der Waals surface area contributed by atoms with Gasteiger partial charge in [-0.25, -0.2) is 0 Å². The van der Waals surface area contributed by atoms with Crippen molar-refractivity contribution in [2.45, 2.75) is 298 Å². The number of hydrogen-bond donors (Lipinski definition) is 12. The molecule has 3 fully saturated rings. The Morgan fingerprint density at radius 3 is 1.19 bits per heavy atom. The number of aliphatic hydroxyl groups is 11. The Bertz CT molecular complexity index is 2040. The second-order valence-corrected chi connectivity index (χ2v) is 23.6. The molecule has 0 aromatic heterocycles. The van der Waals surface area contributed by atoms with Crippen LogP contribution >= 0.6 is 0 Å². The first-order chi connectivity index (χ1) is 43.3. The Morgan fingerprint density at radius 2 is 0.775 bits per heavy atom. The van der Waals surface area contributed by atoms with Gasteiger partial charge in [0.1, 0.15) is 73.2 Å². The molecule has 17 atom stereocenters. The standard InChI is InChI=1S/C70H117NO18/c1-3-5-7-8-9-10-11-12-13-14-15-16-17-18-19-20-21-22-23-24-25-26-27-28-29-30-31-32-33-34-35-36-37-38-39-40-41-42-43-44-46-48-58(76)71-53(54(75)47-45-6-4-2)52-84-68-64(82)61(79)66(56(50-73)86-68)89-70-65(83)62(80)67(57(51-74)87-70)88-69-63(81)60(78)59(77)55(49-72)85-69/h5,7,9-10,12-13,15-16,18-19,21-22,24-25,27-28,45,47,53-57,59-70,72-75,77-83H,3-4,6,8,11,14,17,20,23,26,29-44,46,48-52H2,1-2H3,(H,71,76)/b7-5-,10-9-,13-12-,16-15-,19-18-,22-21-,25-24-,28-27-,47-45+. The van der Waals surface area contributed by atoms with Crippen LogP contribution < -0.4 is 5.32 Å². The Balaban J connectivity index is 1.20. The maximum Gasteiger partial charge on any atom is 0.220 e. The molecule has 3 aliphatic heterocycles. The summed E-state index contributed by atoms with van der Waals surface area (Å²) >= 11 is 0. The van der Waals surface area contributed by atoms with Gasteiger partial charge in [-0.3, -0.25) is 4.79 Å². The van der Waals surface area contributed by atoms with Crippen LogP contribution in [0.5, 0.6) is 0 Å². The number of ether oxygens (including phenoxy) is 6. The average Bonchev–Trinajstić information content (AvgIpc) is 1.74. The first kappa shape index (κ1) is 79.7. The van der Waals surface area contributed by atoms with Crippen molar-refractivity contribution in [2.75, 3.05) is 26.4 Å². The van der Waals surface area contributed by atoms with Gasteiger partial charge in [-0.2, -0.15) is 0 Å². The van der Waals surface area contributed by atoms with E-state index in [1.54, 1.807) is 12.2 Å². The smallest absolute Gasteiger partial charge is 0.220 e. The fraction of sp³-hybridized carbons (Fsp3) is 0.729. The SMILES string of the molecule is CC/C=C\C/C=C\C/C=C\C/C=C\C/C=C\C/C=C\C/C=C\C/C=C\CCCCCCCCCCCCCCCCCCC(=O)NC(COC1OC(CO)C(OC2OC(CO)C(OC3OC(CO)C(O)C(O)C3O)C(O)C2O)C(O)C1O)C(O)/C=C/CCC. The molecule has 17 unspecified atom stereocenters. The third-order valence-corrected chi connectivity index (χ3v) is 16.1. The zero-order valence-corrected chi connectivity index (χ0v) is 53.6. The molecule has 0 aromatic carbocycles. The van der Waals surface area contributed by atoms with Crippen molar-refractivity contribution in [2.24, 2.45) is 0 Å². The molecule has 0 saturated carbocycles. The number of nitrogens with one attached hydrogen (secondary N) is 1. The molecule has 0 aromatic rings. The summed E-state index contributed by atoms with van der Waals surface area (Å²) in [6.45, 7) is 1.35. The highest BCUT2D eigenvalue weighted by molar-refractivity contribution is 5.76. The van der Waals surface area contributed by atoms with Crippen molar-refractivity contribution in [1.29, 1.82) is 0 Å². The van der Waals surface area contributed by atoms with Crippen LogP contribution in [0.15, 0.2) is 109 Å². The van der Waals surface area contributed by atoms with E-state index >= 15 is 0 Å². The van der Waals surface area contributed by atoms with Crippen molar-refractivity contribution < 1.29 is 89.4 Å². The second-order valence-electron chi connectivity index (χ2n) is 23.6. The van der Waals surface area contributed by atoms with Gasteiger partial charge in [0.2, 0.25) is 5.91 Å².